The second-order valence-corrected chi connectivity index (χ2v) is 7.21. The van der Waals surface area contributed by atoms with Gasteiger partial charge in [-0.1, -0.05) is 0 Å². The molecule has 24 heavy (non-hydrogen) atoms. The van der Waals surface area contributed by atoms with Crippen molar-refractivity contribution in [2.75, 3.05) is 38.4 Å². The van der Waals surface area contributed by atoms with E-state index < -0.39 is 0 Å². The Morgan fingerprint density at radius 3 is 2.83 bits per heavy atom. The van der Waals surface area contributed by atoms with Gasteiger partial charge in [-0.25, -0.2) is 0 Å². The first-order chi connectivity index (χ1) is 11.7. The van der Waals surface area contributed by atoms with Crippen molar-refractivity contribution in [3.8, 4) is 5.75 Å². The zero-order chi connectivity index (χ0) is 16.9. The summed E-state index contributed by atoms with van der Waals surface area (Å²) in [4.78, 5) is 26.5. The minimum Gasteiger partial charge on any atom is -0.497 e. The van der Waals surface area contributed by atoms with Gasteiger partial charge in [0, 0.05) is 31.0 Å². The number of rotatable bonds is 5. The number of thioether (sulfide) groups is 1. The van der Waals surface area contributed by atoms with Gasteiger partial charge < -0.3 is 20.3 Å². The largest absolute Gasteiger partial charge is 0.497 e. The van der Waals surface area contributed by atoms with E-state index in [0.717, 1.165) is 36.9 Å². The van der Waals surface area contributed by atoms with Gasteiger partial charge in [-0.15, -0.1) is 11.8 Å². The standard InChI is InChI=1S/C17H23N3O3S/c1-23-14-4-2-13(3-5-14)16(21)19-10-12-8-15(18-9-12)17(22)20-6-7-24-11-20/h2-5,12,15,18H,6-11H2,1H3,(H,19,21)/t12?,15-/m0/s1. The molecule has 3 rings (SSSR count). The molecule has 1 aromatic carbocycles. The second kappa shape index (κ2) is 7.90. The van der Waals surface area contributed by atoms with Crippen molar-refractivity contribution >= 4 is 23.6 Å². The molecule has 2 N–H and O–H groups in total. The van der Waals surface area contributed by atoms with Crippen molar-refractivity contribution in [1.82, 2.24) is 15.5 Å². The van der Waals surface area contributed by atoms with Crippen molar-refractivity contribution in [3.05, 3.63) is 29.8 Å². The van der Waals surface area contributed by atoms with Crippen LogP contribution in [0.1, 0.15) is 16.8 Å². The first-order valence-electron chi connectivity index (χ1n) is 8.19. The van der Waals surface area contributed by atoms with Crippen LogP contribution >= 0.6 is 11.8 Å². The molecule has 0 saturated carbocycles. The molecule has 0 aromatic heterocycles. The zero-order valence-corrected chi connectivity index (χ0v) is 14.6. The van der Waals surface area contributed by atoms with Gasteiger partial charge in [0.15, 0.2) is 0 Å². The molecular weight excluding hydrogens is 326 g/mol. The topological polar surface area (TPSA) is 70.7 Å². The van der Waals surface area contributed by atoms with Gasteiger partial charge >= 0.3 is 0 Å². The number of hydrogen-bond acceptors (Lipinski definition) is 5. The van der Waals surface area contributed by atoms with E-state index in [0.29, 0.717) is 12.1 Å². The summed E-state index contributed by atoms with van der Waals surface area (Å²) in [5.41, 5.74) is 0.614. The molecule has 7 heteroatoms. The van der Waals surface area contributed by atoms with Gasteiger partial charge in [0.25, 0.3) is 5.91 Å². The van der Waals surface area contributed by atoms with Gasteiger partial charge in [0.1, 0.15) is 5.75 Å². The Bertz CT molecular complexity index is 587. The Hall–Kier alpha value is -1.73. The minimum absolute atomic E-state index is 0.0941. The Morgan fingerprint density at radius 1 is 1.38 bits per heavy atom. The number of nitrogens with one attached hydrogen (secondary N) is 2. The van der Waals surface area contributed by atoms with E-state index in [9.17, 15) is 9.59 Å². The van der Waals surface area contributed by atoms with Crippen LogP contribution < -0.4 is 15.4 Å². The number of carbonyl (C=O) groups is 2. The van der Waals surface area contributed by atoms with Crippen molar-refractivity contribution in [3.63, 3.8) is 0 Å². The smallest absolute Gasteiger partial charge is 0.251 e. The summed E-state index contributed by atoms with van der Waals surface area (Å²) in [5, 5.41) is 6.25. The first-order valence-corrected chi connectivity index (χ1v) is 9.35. The number of nitrogens with zero attached hydrogens (tertiary/aromatic N) is 1. The van der Waals surface area contributed by atoms with Crippen molar-refractivity contribution in [2.24, 2.45) is 5.92 Å². The summed E-state index contributed by atoms with van der Waals surface area (Å²) in [6.07, 6.45) is 0.781. The fourth-order valence-electron chi connectivity index (χ4n) is 3.04. The van der Waals surface area contributed by atoms with Gasteiger partial charge in [-0.05, 0) is 36.6 Å². The predicted octanol–water partition coefficient (Wildman–Crippen LogP) is 0.936. The molecule has 2 saturated heterocycles. The van der Waals surface area contributed by atoms with Crippen LogP contribution in [-0.4, -0.2) is 61.1 Å². The van der Waals surface area contributed by atoms with E-state index in [1.807, 2.05) is 4.90 Å². The maximum absolute atomic E-state index is 12.4. The lowest BCUT2D eigenvalue weighted by Gasteiger charge is -2.19. The Kier molecular flexibility index (Phi) is 5.63. The van der Waals surface area contributed by atoms with E-state index in [1.165, 1.54) is 0 Å². The number of benzene rings is 1. The molecule has 0 spiro atoms. The lowest BCUT2D eigenvalue weighted by molar-refractivity contribution is -0.131. The molecule has 0 radical (unpaired) electrons. The van der Waals surface area contributed by atoms with Crippen molar-refractivity contribution in [1.29, 1.82) is 0 Å². The average Bonchev–Trinajstić information content (AvgIpc) is 3.31. The molecular formula is C17H23N3O3S. The van der Waals surface area contributed by atoms with E-state index in [2.05, 4.69) is 10.6 Å². The summed E-state index contributed by atoms with van der Waals surface area (Å²) in [6, 6.07) is 6.94. The molecule has 0 bridgehead atoms. The quantitative estimate of drug-likeness (QED) is 0.828. The first kappa shape index (κ1) is 17.1. The highest BCUT2D eigenvalue weighted by Gasteiger charge is 2.33. The van der Waals surface area contributed by atoms with Gasteiger partial charge in [0.2, 0.25) is 5.91 Å². The number of carbonyl (C=O) groups excluding carboxylic acids is 2. The lowest BCUT2D eigenvalue weighted by atomic mass is 10.0. The fraction of sp³-hybridized carbons (Fsp3) is 0.529. The summed E-state index contributed by atoms with van der Waals surface area (Å²) < 4.78 is 5.09. The second-order valence-electron chi connectivity index (χ2n) is 6.14. The molecule has 2 atom stereocenters. The van der Waals surface area contributed by atoms with Crippen LogP contribution in [0.25, 0.3) is 0 Å². The highest BCUT2D eigenvalue weighted by molar-refractivity contribution is 7.99. The Balaban J connectivity index is 1.45. The molecule has 2 heterocycles. The molecule has 2 aliphatic heterocycles. The van der Waals surface area contributed by atoms with Crippen LogP contribution in [0.3, 0.4) is 0 Å². The maximum atomic E-state index is 12.4. The molecule has 1 aromatic rings. The maximum Gasteiger partial charge on any atom is 0.251 e. The third kappa shape index (κ3) is 4.02. The molecule has 1 unspecified atom stereocenters. The monoisotopic (exact) mass is 349 g/mol. The van der Waals surface area contributed by atoms with Gasteiger partial charge in [-0.3, -0.25) is 9.59 Å². The molecule has 2 aliphatic rings. The zero-order valence-electron chi connectivity index (χ0n) is 13.8. The highest BCUT2D eigenvalue weighted by atomic mass is 32.2. The van der Waals surface area contributed by atoms with Crippen molar-refractivity contribution in [2.45, 2.75) is 12.5 Å². The van der Waals surface area contributed by atoms with Crippen LogP contribution in [0.4, 0.5) is 0 Å². The Labute approximate surface area is 146 Å². The molecule has 2 amide bonds. The summed E-state index contributed by atoms with van der Waals surface area (Å²) >= 11 is 1.80. The normalized spacial score (nSPS) is 23.3. The fourth-order valence-corrected chi connectivity index (χ4v) is 4.00. The third-order valence-corrected chi connectivity index (χ3v) is 5.45. The van der Waals surface area contributed by atoms with Gasteiger partial charge in [0.05, 0.1) is 19.0 Å². The summed E-state index contributed by atoms with van der Waals surface area (Å²) in [5.74, 6) is 2.95. The van der Waals surface area contributed by atoms with Crippen molar-refractivity contribution < 1.29 is 14.3 Å². The van der Waals surface area contributed by atoms with Crippen LogP contribution in [0.15, 0.2) is 24.3 Å². The predicted molar refractivity (Wildman–Crippen MR) is 94.3 cm³/mol. The van der Waals surface area contributed by atoms with Gasteiger partial charge in [-0.2, -0.15) is 0 Å². The van der Waals surface area contributed by atoms with E-state index >= 15 is 0 Å². The average molecular weight is 349 g/mol. The van der Waals surface area contributed by atoms with E-state index in [-0.39, 0.29) is 23.8 Å². The highest BCUT2D eigenvalue weighted by Crippen LogP contribution is 2.20. The van der Waals surface area contributed by atoms with Crippen LogP contribution in [0.5, 0.6) is 5.75 Å². The van der Waals surface area contributed by atoms with E-state index in [1.54, 1.807) is 43.1 Å². The summed E-state index contributed by atoms with van der Waals surface area (Å²) in [6.45, 7) is 2.19. The van der Waals surface area contributed by atoms with Crippen LogP contribution in [-0.2, 0) is 4.79 Å². The SMILES string of the molecule is COc1ccc(C(=O)NCC2CN[C@H](C(=O)N3CCSC3)C2)cc1. The number of hydrogen-bond donors (Lipinski definition) is 2. The Morgan fingerprint density at radius 2 is 2.17 bits per heavy atom. The molecule has 130 valence electrons. The molecule has 2 fully saturated rings. The van der Waals surface area contributed by atoms with Crippen LogP contribution in [0, 0.1) is 5.92 Å². The van der Waals surface area contributed by atoms with Crippen LogP contribution in [0.2, 0.25) is 0 Å². The number of methoxy groups -OCH3 is 1. The third-order valence-electron chi connectivity index (χ3n) is 4.49. The molecule has 6 nitrogen and oxygen atoms in total. The molecule has 0 aliphatic carbocycles. The van der Waals surface area contributed by atoms with E-state index in [4.69, 9.17) is 4.74 Å². The summed E-state index contributed by atoms with van der Waals surface area (Å²) in [7, 11) is 1.60. The number of ether oxygens (including phenoxy) is 1. The minimum atomic E-state index is -0.105. The lowest BCUT2D eigenvalue weighted by Crippen LogP contribution is -2.42. The number of amides is 2.